The molecule has 0 aliphatic rings. The molecule has 4 nitrogen and oxygen atoms in total. The zero-order valence-electron chi connectivity index (χ0n) is 8.66. The molecule has 0 aromatic carbocycles. The number of rotatable bonds is 5. The second kappa shape index (κ2) is 6.46. The molecular weight excluding hydrogens is 170 g/mol. The largest absolute Gasteiger partial charge is 0.463 e. The first-order valence-corrected chi connectivity index (χ1v) is 4.45. The first-order chi connectivity index (χ1) is 6.11. The van der Waals surface area contributed by atoms with Gasteiger partial charge in [0.25, 0.3) is 0 Å². The van der Waals surface area contributed by atoms with Gasteiger partial charge in [-0.15, -0.1) is 0 Å². The maximum atomic E-state index is 11.2. The van der Waals surface area contributed by atoms with E-state index in [1.807, 2.05) is 6.92 Å². The lowest BCUT2D eigenvalue weighted by Gasteiger charge is -2.11. The normalized spacial score (nSPS) is 11.7. The zero-order chi connectivity index (χ0) is 10.3. The Balaban J connectivity index is 4.02. The quantitative estimate of drug-likeness (QED) is 0.374. The molecule has 1 atom stereocenters. The van der Waals surface area contributed by atoms with Crippen LogP contribution in [-0.4, -0.2) is 24.4 Å². The summed E-state index contributed by atoms with van der Waals surface area (Å²) in [6.45, 7) is 7.59. The van der Waals surface area contributed by atoms with Crippen LogP contribution in [0.1, 0.15) is 34.1 Å². The highest BCUT2D eigenvalue weighted by atomic mass is 16.7. The molecule has 0 fully saturated rings. The first-order valence-electron chi connectivity index (χ1n) is 4.45. The van der Waals surface area contributed by atoms with Gasteiger partial charge in [0, 0.05) is 0 Å². The number of carbonyl (C=O) groups is 1. The van der Waals surface area contributed by atoms with Crippen LogP contribution in [0.2, 0.25) is 0 Å². The Morgan fingerprint density at radius 2 is 2.00 bits per heavy atom. The molecular formula is C9H17NO3. The average Bonchev–Trinajstić information content (AvgIpc) is 2.05. The van der Waals surface area contributed by atoms with Gasteiger partial charge >= 0.3 is 5.97 Å². The molecule has 0 saturated heterocycles. The molecule has 0 saturated carbocycles. The van der Waals surface area contributed by atoms with Crippen molar-refractivity contribution < 1.29 is 14.4 Å². The lowest BCUT2D eigenvalue weighted by molar-refractivity contribution is -0.156. The minimum atomic E-state index is -0.574. The molecule has 1 unspecified atom stereocenters. The smallest absolute Gasteiger partial charge is 0.350 e. The van der Waals surface area contributed by atoms with E-state index in [4.69, 9.17) is 9.57 Å². The number of hydrogen-bond acceptors (Lipinski definition) is 4. The van der Waals surface area contributed by atoms with Crippen LogP contribution < -0.4 is 0 Å². The number of carbonyl (C=O) groups excluding carboxylic acids is 1. The molecule has 0 spiro atoms. The number of esters is 1. The summed E-state index contributed by atoms with van der Waals surface area (Å²) in [6, 6.07) is 0. The minimum absolute atomic E-state index is 0.352. The van der Waals surface area contributed by atoms with Crippen LogP contribution in [0.15, 0.2) is 5.16 Å². The molecule has 0 aliphatic heterocycles. The van der Waals surface area contributed by atoms with Gasteiger partial charge in [-0.1, -0.05) is 12.1 Å². The Bertz CT molecular complexity index is 185. The molecule has 4 heteroatoms. The van der Waals surface area contributed by atoms with Crippen molar-refractivity contribution in [3.63, 3.8) is 0 Å². The standard InChI is InChI=1S/C9H17NO3/c1-5-8(9(11)12-6-2)13-10-7(3)4/h8H,5-6H2,1-4H3. The summed E-state index contributed by atoms with van der Waals surface area (Å²) < 4.78 is 4.79. The van der Waals surface area contributed by atoms with Gasteiger partial charge in [-0.3, -0.25) is 0 Å². The van der Waals surface area contributed by atoms with Crippen molar-refractivity contribution in [2.24, 2.45) is 5.16 Å². The summed E-state index contributed by atoms with van der Waals surface area (Å²) in [5.41, 5.74) is 0.780. The SMILES string of the molecule is CCOC(=O)C(CC)ON=C(C)C. The van der Waals surface area contributed by atoms with E-state index in [2.05, 4.69) is 5.16 Å². The fourth-order valence-corrected chi connectivity index (χ4v) is 0.688. The van der Waals surface area contributed by atoms with Crippen molar-refractivity contribution >= 4 is 11.7 Å². The first kappa shape index (κ1) is 11.9. The molecule has 0 aromatic rings. The van der Waals surface area contributed by atoms with Gasteiger partial charge in [0.15, 0.2) is 0 Å². The summed E-state index contributed by atoms with van der Waals surface area (Å²) in [5, 5.41) is 3.71. The van der Waals surface area contributed by atoms with Crippen molar-refractivity contribution in [3.8, 4) is 0 Å². The van der Waals surface area contributed by atoms with E-state index < -0.39 is 6.10 Å². The molecule has 0 bridgehead atoms. The predicted octanol–water partition coefficient (Wildman–Crippen LogP) is 1.74. The Morgan fingerprint density at radius 1 is 1.38 bits per heavy atom. The number of nitrogens with zero attached hydrogens (tertiary/aromatic N) is 1. The van der Waals surface area contributed by atoms with E-state index >= 15 is 0 Å². The van der Waals surface area contributed by atoms with Crippen molar-refractivity contribution in [2.45, 2.75) is 40.2 Å². The van der Waals surface area contributed by atoms with Gasteiger partial charge in [-0.05, 0) is 27.2 Å². The Morgan fingerprint density at radius 3 is 2.38 bits per heavy atom. The summed E-state index contributed by atoms with van der Waals surface area (Å²) in [7, 11) is 0. The van der Waals surface area contributed by atoms with E-state index in [9.17, 15) is 4.79 Å². The monoisotopic (exact) mass is 187 g/mol. The number of hydrogen-bond donors (Lipinski definition) is 0. The van der Waals surface area contributed by atoms with Gasteiger partial charge in [0.2, 0.25) is 6.10 Å². The topological polar surface area (TPSA) is 47.9 Å². The van der Waals surface area contributed by atoms with Crippen LogP contribution in [0, 0.1) is 0 Å². The van der Waals surface area contributed by atoms with E-state index in [1.54, 1.807) is 20.8 Å². The van der Waals surface area contributed by atoms with Crippen LogP contribution >= 0.6 is 0 Å². The van der Waals surface area contributed by atoms with E-state index in [1.165, 1.54) is 0 Å². The van der Waals surface area contributed by atoms with Gasteiger partial charge in [-0.25, -0.2) is 4.79 Å². The van der Waals surface area contributed by atoms with Crippen molar-refractivity contribution in [3.05, 3.63) is 0 Å². The summed E-state index contributed by atoms with van der Waals surface area (Å²) in [6.07, 6.45) is -0.00912. The molecule has 0 rings (SSSR count). The second-order valence-electron chi connectivity index (χ2n) is 2.79. The fraction of sp³-hybridized carbons (Fsp3) is 0.778. The molecule has 0 heterocycles. The fourth-order valence-electron chi connectivity index (χ4n) is 0.688. The maximum Gasteiger partial charge on any atom is 0.350 e. The zero-order valence-corrected chi connectivity index (χ0v) is 8.66. The molecule has 13 heavy (non-hydrogen) atoms. The van der Waals surface area contributed by atoms with Crippen LogP contribution in [0.4, 0.5) is 0 Å². The third-order valence-corrected chi connectivity index (χ3v) is 1.28. The van der Waals surface area contributed by atoms with E-state index in [-0.39, 0.29) is 5.97 Å². The van der Waals surface area contributed by atoms with E-state index in [0.29, 0.717) is 13.0 Å². The average molecular weight is 187 g/mol. The van der Waals surface area contributed by atoms with Crippen molar-refractivity contribution in [2.75, 3.05) is 6.61 Å². The lowest BCUT2D eigenvalue weighted by atomic mass is 10.3. The van der Waals surface area contributed by atoms with Crippen LogP contribution in [-0.2, 0) is 14.4 Å². The Kier molecular flexibility index (Phi) is 5.93. The van der Waals surface area contributed by atoms with Gasteiger partial charge in [0.1, 0.15) is 0 Å². The van der Waals surface area contributed by atoms with E-state index in [0.717, 1.165) is 5.71 Å². The second-order valence-corrected chi connectivity index (χ2v) is 2.79. The molecule has 0 N–H and O–H groups in total. The molecule has 0 aromatic heterocycles. The summed E-state index contributed by atoms with van der Waals surface area (Å²) in [5.74, 6) is -0.352. The third-order valence-electron chi connectivity index (χ3n) is 1.28. The third kappa shape index (κ3) is 5.22. The Hall–Kier alpha value is -1.06. The molecule has 0 aliphatic carbocycles. The highest BCUT2D eigenvalue weighted by Crippen LogP contribution is 2.01. The highest BCUT2D eigenvalue weighted by Gasteiger charge is 2.18. The molecule has 0 radical (unpaired) electrons. The summed E-state index contributed by atoms with van der Waals surface area (Å²) >= 11 is 0. The van der Waals surface area contributed by atoms with Gasteiger partial charge < -0.3 is 9.57 Å². The van der Waals surface area contributed by atoms with Crippen LogP contribution in [0.25, 0.3) is 0 Å². The van der Waals surface area contributed by atoms with Crippen LogP contribution in [0.3, 0.4) is 0 Å². The molecule has 0 amide bonds. The van der Waals surface area contributed by atoms with Crippen molar-refractivity contribution in [1.29, 1.82) is 0 Å². The van der Waals surface area contributed by atoms with Crippen molar-refractivity contribution in [1.82, 2.24) is 0 Å². The number of ether oxygens (including phenoxy) is 1. The molecule has 76 valence electrons. The highest BCUT2D eigenvalue weighted by molar-refractivity contribution is 5.79. The predicted molar refractivity (Wildman–Crippen MR) is 50.6 cm³/mol. The van der Waals surface area contributed by atoms with Gasteiger partial charge in [-0.2, -0.15) is 0 Å². The number of oxime groups is 1. The van der Waals surface area contributed by atoms with Gasteiger partial charge in [0.05, 0.1) is 12.3 Å². The minimum Gasteiger partial charge on any atom is -0.463 e. The maximum absolute atomic E-state index is 11.2. The van der Waals surface area contributed by atoms with Crippen LogP contribution in [0.5, 0.6) is 0 Å². The summed E-state index contributed by atoms with van der Waals surface area (Å²) in [4.78, 5) is 16.2. The Labute approximate surface area is 78.9 Å². The lowest BCUT2D eigenvalue weighted by Crippen LogP contribution is -2.24.